The first kappa shape index (κ1) is 17.6. The van der Waals surface area contributed by atoms with Gasteiger partial charge in [0.05, 0.1) is 11.4 Å². The number of aryl methyl sites for hydroxylation is 1. The first-order chi connectivity index (χ1) is 11.8. The highest BCUT2D eigenvalue weighted by molar-refractivity contribution is 9.10. The average Bonchev–Trinajstić information content (AvgIpc) is 2.83. The molecule has 2 aromatic rings. The molecule has 6 nitrogen and oxygen atoms in total. The van der Waals surface area contributed by atoms with E-state index >= 15 is 0 Å². The molecule has 1 fully saturated rings. The molecule has 1 aliphatic heterocycles. The molecule has 0 atom stereocenters. The average molecular weight is 423 g/mol. The molecule has 0 aliphatic carbocycles. The van der Waals surface area contributed by atoms with E-state index in [0.717, 1.165) is 14.3 Å². The van der Waals surface area contributed by atoms with E-state index in [1.807, 2.05) is 19.1 Å². The van der Waals surface area contributed by atoms with Crippen molar-refractivity contribution in [3.8, 4) is 0 Å². The van der Waals surface area contributed by atoms with Gasteiger partial charge in [-0.15, -0.1) is 0 Å². The maximum absolute atomic E-state index is 12.4. The Bertz CT molecular complexity index is 955. The third-order valence-electron chi connectivity index (χ3n) is 3.88. The van der Waals surface area contributed by atoms with E-state index in [9.17, 15) is 18.0 Å². The van der Waals surface area contributed by atoms with Gasteiger partial charge in [0.2, 0.25) is 15.9 Å². The smallest absolute Gasteiger partial charge is 0.255 e. The van der Waals surface area contributed by atoms with Crippen LogP contribution in [0.2, 0.25) is 0 Å². The molecule has 1 N–H and O–H groups in total. The molecule has 0 saturated carbocycles. The Hall–Kier alpha value is -2.19. The Morgan fingerprint density at radius 3 is 2.40 bits per heavy atom. The maximum atomic E-state index is 12.4. The van der Waals surface area contributed by atoms with Crippen molar-refractivity contribution in [2.45, 2.75) is 13.3 Å². The molecule has 0 aromatic heterocycles. The lowest BCUT2D eigenvalue weighted by Crippen LogP contribution is -2.29. The van der Waals surface area contributed by atoms with Gasteiger partial charge in [0.25, 0.3) is 5.91 Å². The van der Waals surface area contributed by atoms with Crippen molar-refractivity contribution >= 4 is 49.1 Å². The van der Waals surface area contributed by atoms with E-state index < -0.39 is 15.9 Å². The largest absolute Gasteiger partial charge is 0.322 e. The molecule has 2 amide bonds. The second kappa shape index (κ2) is 6.61. The number of hydrogen-bond donors (Lipinski definition) is 1. The van der Waals surface area contributed by atoms with Crippen molar-refractivity contribution in [2.24, 2.45) is 0 Å². The molecule has 0 unspecified atom stereocenters. The van der Waals surface area contributed by atoms with Gasteiger partial charge in [-0.25, -0.2) is 12.7 Å². The van der Waals surface area contributed by atoms with E-state index in [1.165, 1.54) is 24.3 Å². The number of carbonyl (C=O) groups is 2. The fourth-order valence-electron chi connectivity index (χ4n) is 2.58. The summed E-state index contributed by atoms with van der Waals surface area (Å²) in [7, 11) is -3.60. The fourth-order valence-corrected chi connectivity index (χ4v) is 4.51. The summed E-state index contributed by atoms with van der Waals surface area (Å²) in [5.74, 6) is -0.952. The normalized spacial score (nSPS) is 16.1. The predicted molar refractivity (Wildman–Crippen MR) is 99.2 cm³/mol. The molecule has 2 aromatic carbocycles. The summed E-state index contributed by atoms with van der Waals surface area (Å²) in [4.78, 5) is 24.1. The topological polar surface area (TPSA) is 83.6 Å². The van der Waals surface area contributed by atoms with E-state index in [-0.39, 0.29) is 23.8 Å². The Kier molecular flexibility index (Phi) is 4.66. The molecule has 0 bridgehead atoms. The zero-order valence-electron chi connectivity index (χ0n) is 13.3. The highest BCUT2D eigenvalue weighted by atomic mass is 79.9. The van der Waals surface area contributed by atoms with Gasteiger partial charge in [0, 0.05) is 22.1 Å². The van der Waals surface area contributed by atoms with Crippen LogP contribution in [0.4, 0.5) is 11.4 Å². The molecule has 1 aliphatic rings. The second-order valence-electron chi connectivity index (χ2n) is 5.68. The number of hydrogen-bond acceptors (Lipinski definition) is 4. The van der Waals surface area contributed by atoms with Crippen molar-refractivity contribution in [3.63, 3.8) is 0 Å². The highest BCUT2D eigenvalue weighted by Crippen LogP contribution is 2.26. The van der Waals surface area contributed by atoms with Crippen LogP contribution in [0.15, 0.2) is 46.9 Å². The third-order valence-corrected chi connectivity index (χ3v) is 6.06. The molecule has 25 heavy (non-hydrogen) atoms. The van der Waals surface area contributed by atoms with E-state index in [0.29, 0.717) is 11.3 Å². The van der Waals surface area contributed by atoms with Crippen LogP contribution in [0.25, 0.3) is 0 Å². The van der Waals surface area contributed by atoms with Gasteiger partial charge in [-0.2, -0.15) is 0 Å². The van der Waals surface area contributed by atoms with Crippen LogP contribution in [0.1, 0.15) is 22.3 Å². The zero-order chi connectivity index (χ0) is 18.2. The Morgan fingerprint density at radius 1 is 1.16 bits per heavy atom. The molecule has 3 rings (SSSR count). The van der Waals surface area contributed by atoms with Crippen molar-refractivity contribution in [1.82, 2.24) is 0 Å². The quantitative estimate of drug-likeness (QED) is 0.823. The second-order valence-corrected chi connectivity index (χ2v) is 8.54. The Labute approximate surface area is 154 Å². The monoisotopic (exact) mass is 422 g/mol. The minimum absolute atomic E-state index is 0.0204. The number of sulfonamides is 1. The molecular weight excluding hydrogens is 408 g/mol. The Balaban J connectivity index is 1.80. The number of nitrogens with one attached hydrogen (secondary N) is 1. The van der Waals surface area contributed by atoms with Gasteiger partial charge in [-0.3, -0.25) is 9.59 Å². The molecule has 0 radical (unpaired) electrons. The number of halogens is 1. The third kappa shape index (κ3) is 3.59. The molecule has 0 spiro atoms. The molecular formula is C17H15BrN2O4S. The number of benzene rings is 2. The first-order valence-electron chi connectivity index (χ1n) is 7.51. The summed E-state index contributed by atoms with van der Waals surface area (Å²) in [6.45, 7) is 1.88. The van der Waals surface area contributed by atoms with Gasteiger partial charge in [-0.05, 0) is 55.0 Å². The summed E-state index contributed by atoms with van der Waals surface area (Å²) in [5.41, 5.74) is 2.22. The van der Waals surface area contributed by atoms with Gasteiger partial charge >= 0.3 is 0 Å². The van der Waals surface area contributed by atoms with Gasteiger partial charge < -0.3 is 5.32 Å². The van der Waals surface area contributed by atoms with E-state index in [2.05, 4.69) is 21.2 Å². The van der Waals surface area contributed by atoms with Crippen LogP contribution in [0, 0.1) is 6.92 Å². The summed E-state index contributed by atoms with van der Waals surface area (Å²) in [5, 5.41) is 2.81. The summed E-state index contributed by atoms with van der Waals surface area (Å²) < 4.78 is 25.6. The van der Waals surface area contributed by atoms with Crippen LogP contribution in [0.3, 0.4) is 0 Å². The minimum Gasteiger partial charge on any atom is -0.322 e. The number of anilines is 2. The molecule has 130 valence electrons. The van der Waals surface area contributed by atoms with Gasteiger partial charge in [-0.1, -0.05) is 15.9 Å². The van der Waals surface area contributed by atoms with Crippen LogP contribution >= 0.6 is 15.9 Å². The van der Waals surface area contributed by atoms with Gasteiger partial charge in [0.15, 0.2) is 0 Å². The Morgan fingerprint density at radius 2 is 1.84 bits per heavy atom. The maximum Gasteiger partial charge on any atom is 0.255 e. The minimum atomic E-state index is -3.60. The van der Waals surface area contributed by atoms with Crippen molar-refractivity contribution in [3.05, 3.63) is 58.1 Å². The summed E-state index contributed by atoms with van der Waals surface area (Å²) in [6.07, 6.45) is -0.0204. The fraction of sp³-hybridized carbons (Fsp3) is 0.176. The van der Waals surface area contributed by atoms with Crippen LogP contribution in [-0.4, -0.2) is 26.0 Å². The van der Waals surface area contributed by atoms with Crippen molar-refractivity contribution < 1.29 is 18.0 Å². The number of rotatable bonds is 3. The van der Waals surface area contributed by atoms with Crippen molar-refractivity contribution in [1.29, 1.82) is 0 Å². The number of carbonyl (C=O) groups excluding carboxylic acids is 2. The standard InChI is InChI=1S/C17H15BrN2O4S/c1-11-10-13(18)4-7-15(11)19-17(22)12-2-5-14(6-3-12)20-16(21)8-9-25(20,23)24/h2-7,10H,8-9H2,1H3,(H,19,22). The predicted octanol–water partition coefficient (Wildman–Crippen LogP) is 3.08. The molecule has 8 heteroatoms. The van der Waals surface area contributed by atoms with E-state index in [1.54, 1.807) is 6.07 Å². The SMILES string of the molecule is Cc1cc(Br)ccc1NC(=O)c1ccc(N2C(=O)CCS2(=O)=O)cc1. The first-order valence-corrected chi connectivity index (χ1v) is 9.91. The van der Waals surface area contributed by atoms with Crippen LogP contribution in [0.5, 0.6) is 0 Å². The van der Waals surface area contributed by atoms with E-state index in [4.69, 9.17) is 0 Å². The summed E-state index contributed by atoms with van der Waals surface area (Å²) >= 11 is 3.37. The highest BCUT2D eigenvalue weighted by Gasteiger charge is 2.36. The molecule has 1 saturated heterocycles. The number of amides is 2. The van der Waals surface area contributed by atoms with Crippen LogP contribution in [-0.2, 0) is 14.8 Å². The lowest BCUT2D eigenvalue weighted by Gasteiger charge is -2.15. The van der Waals surface area contributed by atoms with Crippen LogP contribution < -0.4 is 9.62 Å². The number of nitrogens with zero attached hydrogens (tertiary/aromatic N) is 1. The van der Waals surface area contributed by atoms with Crippen molar-refractivity contribution in [2.75, 3.05) is 15.4 Å². The lowest BCUT2D eigenvalue weighted by atomic mass is 10.1. The molecule has 1 heterocycles. The summed E-state index contributed by atoms with van der Waals surface area (Å²) in [6, 6.07) is 11.4. The zero-order valence-corrected chi connectivity index (χ0v) is 15.7. The lowest BCUT2D eigenvalue weighted by molar-refractivity contribution is -0.116. The van der Waals surface area contributed by atoms with Gasteiger partial charge in [0.1, 0.15) is 0 Å².